The van der Waals surface area contributed by atoms with Crippen LogP contribution in [0.5, 0.6) is 5.75 Å². The van der Waals surface area contributed by atoms with E-state index >= 15 is 0 Å². The zero-order chi connectivity index (χ0) is 22.0. The molecule has 5 nitrogen and oxygen atoms in total. The van der Waals surface area contributed by atoms with Gasteiger partial charge in [0.15, 0.2) is 0 Å². The van der Waals surface area contributed by atoms with E-state index in [1.165, 1.54) is 4.68 Å². The van der Waals surface area contributed by atoms with Gasteiger partial charge in [0.25, 0.3) is 5.56 Å². The van der Waals surface area contributed by atoms with Crippen molar-refractivity contribution in [1.82, 2.24) is 9.78 Å². The average Bonchev–Trinajstić information content (AvgIpc) is 2.67. The van der Waals surface area contributed by atoms with Gasteiger partial charge < -0.3 is 9.47 Å². The minimum absolute atomic E-state index is 0.0576. The van der Waals surface area contributed by atoms with Crippen LogP contribution in [0.3, 0.4) is 0 Å². The van der Waals surface area contributed by atoms with Gasteiger partial charge in [-0.15, -0.1) is 0 Å². The fraction of sp³-hybridized carbons (Fsp3) is 0.583. The van der Waals surface area contributed by atoms with Gasteiger partial charge in [0, 0.05) is 6.61 Å². The third-order valence-electron chi connectivity index (χ3n) is 4.23. The van der Waals surface area contributed by atoms with Gasteiger partial charge in [-0.3, -0.25) is 4.79 Å². The van der Waals surface area contributed by atoms with Crippen LogP contribution in [0.4, 0.5) is 0 Å². The predicted octanol–water partition coefficient (Wildman–Crippen LogP) is 5.65. The summed E-state index contributed by atoms with van der Waals surface area (Å²) in [4.78, 5) is 12.9. The highest BCUT2D eigenvalue weighted by atomic mass is 16.5. The molecule has 2 rings (SSSR count). The molecule has 0 spiro atoms. The first-order valence-electron chi connectivity index (χ1n) is 10.6. The van der Waals surface area contributed by atoms with E-state index < -0.39 is 0 Å². The first-order chi connectivity index (χ1) is 13.7. The minimum atomic E-state index is -0.366. The normalized spacial score (nSPS) is 11.2. The molecule has 1 aromatic carbocycles. The Bertz CT molecular complexity index is 787. The van der Waals surface area contributed by atoms with Gasteiger partial charge in [-0.2, -0.15) is 5.10 Å². The molecule has 0 atom stereocenters. The molecule has 0 saturated carbocycles. The Labute approximate surface area is 176 Å². The fourth-order valence-electron chi connectivity index (χ4n) is 2.80. The van der Waals surface area contributed by atoms with Crippen molar-refractivity contribution < 1.29 is 9.47 Å². The molecule has 2 aromatic rings. The van der Waals surface area contributed by atoms with Gasteiger partial charge in [0.2, 0.25) is 0 Å². The van der Waals surface area contributed by atoms with E-state index in [9.17, 15) is 4.79 Å². The highest BCUT2D eigenvalue weighted by molar-refractivity contribution is 5.32. The molecule has 0 aliphatic rings. The molecule has 0 radical (unpaired) electrons. The van der Waals surface area contributed by atoms with E-state index in [4.69, 9.17) is 9.47 Å². The summed E-state index contributed by atoms with van der Waals surface area (Å²) in [6.07, 6.45) is 2.68. The van der Waals surface area contributed by atoms with Crippen molar-refractivity contribution in [2.45, 2.75) is 86.5 Å². The Balaban J connectivity index is 0.00000204. The molecule has 0 unspecified atom stereocenters. The van der Waals surface area contributed by atoms with Gasteiger partial charge in [-0.05, 0) is 44.2 Å². The van der Waals surface area contributed by atoms with Crippen LogP contribution in [-0.2, 0) is 23.5 Å². The summed E-state index contributed by atoms with van der Waals surface area (Å²) in [6.45, 7) is 17.8. The molecule has 0 aliphatic carbocycles. The van der Waals surface area contributed by atoms with Crippen LogP contribution in [0.2, 0.25) is 0 Å². The number of nitrogens with zero attached hydrogens (tertiary/aromatic N) is 2. The van der Waals surface area contributed by atoms with Crippen molar-refractivity contribution in [2.24, 2.45) is 0 Å². The van der Waals surface area contributed by atoms with Crippen LogP contribution in [-0.4, -0.2) is 16.4 Å². The van der Waals surface area contributed by atoms with E-state index in [0.717, 1.165) is 24.2 Å². The largest absolute Gasteiger partial charge is 0.487 e. The maximum absolute atomic E-state index is 12.9. The van der Waals surface area contributed by atoms with Crippen molar-refractivity contribution in [3.8, 4) is 5.75 Å². The van der Waals surface area contributed by atoms with E-state index in [-0.39, 0.29) is 17.0 Å². The second kappa shape index (κ2) is 11.8. The van der Waals surface area contributed by atoms with Gasteiger partial charge in [-0.25, -0.2) is 4.68 Å². The predicted molar refractivity (Wildman–Crippen MR) is 120 cm³/mol. The van der Waals surface area contributed by atoms with Gasteiger partial charge in [0.05, 0.1) is 23.9 Å². The molecule has 0 bridgehead atoms. The van der Waals surface area contributed by atoms with Crippen molar-refractivity contribution in [2.75, 3.05) is 6.61 Å². The van der Waals surface area contributed by atoms with Crippen LogP contribution in [0.25, 0.3) is 0 Å². The standard InChI is InChI=1S/C22H32N2O3.C2H6/c1-7-12-26-14-17-8-10-18(11-9-17)15-27-19-13-23-24(22(4,5)6)21(25)20(19)16(2)3;1-2/h8-11,13,16H,7,12,14-15H2,1-6H3;1-2H3. The lowest BCUT2D eigenvalue weighted by Crippen LogP contribution is -2.38. The van der Waals surface area contributed by atoms with Crippen molar-refractivity contribution in [1.29, 1.82) is 0 Å². The molecular weight excluding hydrogens is 364 g/mol. The van der Waals surface area contributed by atoms with E-state index in [2.05, 4.69) is 12.0 Å². The van der Waals surface area contributed by atoms with Crippen LogP contribution in [0, 0.1) is 0 Å². The Morgan fingerprint density at radius 3 is 2.07 bits per heavy atom. The zero-order valence-corrected chi connectivity index (χ0v) is 19.4. The molecule has 5 heteroatoms. The Hall–Kier alpha value is -2.14. The molecule has 0 saturated heterocycles. The third kappa shape index (κ3) is 7.32. The van der Waals surface area contributed by atoms with Crippen LogP contribution in [0.1, 0.15) is 84.4 Å². The Morgan fingerprint density at radius 2 is 1.59 bits per heavy atom. The molecule has 162 valence electrons. The van der Waals surface area contributed by atoms with Gasteiger partial charge in [0.1, 0.15) is 12.4 Å². The van der Waals surface area contributed by atoms with Crippen molar-refractivity contribution in [3.63, 3.8) is 0 Å². The second-order valence-corrected chi connectivity index (χ2v) is 8.12. The highest BCUT2D eigenvalue weighted by Crippen LogP contribution is 2.24. The summed E-state index contributed by atoms with van der Waals surface area (Å²) in [7, 11) is 0. The highest BCUT2D eigenvalue weighted by Gasteiger charge is 2.22. The molecule has 29 heavy (non-hydrogen) atoms. The molecule has 0 N–H and O–H groups in total. The summed E-state index contributed by atoms with van der Waals surface area (Å²) >= 11 is 0. The second-order valence-electron chi connectivity index (χ2n) is 8.12. The number of rotatable bonds is 8. The van der Waals surface area contributed by atoms with Crippen LogP contribution < -0.4 is 10.3 Å². The minimum Gasteiger partial charge on any atom is -0.487 e. The smallest absolute Gasteiger partial charge is 0.274 e. The molecule has 1 aromatic heterocycles. The lowest BCUT2D eigenvalue weighted by atomic mass is 10.0. The molecule has 0 fully saturated rings. The molecule has 1 heterocycles. The number of ether oxygens (including phenoxy) is 2. The summed E-state index contributed by atoms with van der Waals surface area (Å²) in [5, 5.41) is 4.32. The van der Waals surface area contributed by atoms with Crippen LogP contribution in [0.15, 0.2) is 35.3 Å². The van der Waals surface area contributed by atoms with E-state index in [1.54, 1.807) is 6.20 Å². The fourth-order valence-corrected chi connectivity index (χ4v) is 2.80. The summed E-state index contributed by atoms with van der Waals surface area (Å²) in [5.41, 5.74) is 2.41. The number of aromatic nitrogens is 2. The maximum Gasteiger partial charge on any atom is 0.274 e. The molecule has 0 aliphatic heterocycles. The van der Waals surface area contributed by atoms with Crippen LogP contribution >= 0.6 is 0 Å². The lowest BCUT2D eigenvalue weighted by Gasteiger charge is -2.23. The topological polar surface area (TPSA) is 53.4 Å². The third-order valence-corrected chi connectivity index (χ3v) is 4.23. The number of benzene rings is 1. The maximum atomic E-state index is 12.9. The average molecular weight is 403 g/mol. The first kappa shape index (κ1) is 24.9. The van der Waals surface area contributed by atoms with Crippen molar-refractivity contribution >= 4 is 0 Å². The summed E-state index contributed by atoms with van der Waals surface area (Å²) in [5.74, 6) is 0.619. The monoisotopic (exact) mass is 402 g/mol. The lowest BCUT2D eigenvalue weighted by molar-refractivity contribution is 0.121. The number of hydrogen-bond acceptors (Lipinski definition) is 4. The molecular formula is C24H38N2O3. The quantitative estimate of drug-likeness (QED) is 0.535. The SMILES string of the molecule is CC.CCCOCc1ccc(COc2cnn(C(C)(C)C)c(=O)c2C(C)C)cc1. The van der Waals surface area contributed by atoms with E-state index in [1.807, 2.05) is 72.7 Å². The summed E-state index contributed by atoms with van der Waals surface area (Å²) < 4.78 is 13.0. The molecule has 0 amide bonds. The number of hydrogen-bond donors (Lipinski definition) is 0. The van der Waals surface area contributed by atoms with Crippen molar-refractivity contribution in [3.05, 3.63) is 57.5 Å². The van der Waals surface area contributed by atoms with Gasteiger partial charge >= 0.3 is 0 Å². The Kier molecular flexibility index (Phi) is 10.1. The zero-order valence-electron chi connectivity index (χ0n) is 19.4. The Morgan fingerprint density at radius 1 is 1.03 bits per heavy atom. The van der Waals surface area contributed by atoms with Gasteiger partial charge in [-0.1, -0.05) is 58.9 Å². The first-order valence-corrected chi connectivity index (χ1v) is 10.6. The summed E-state index contributed by atoms with van der Waals surface area (Å²) in [6, 6.07) is 8.16. The van der Waals surface area contributed by atoms with E-state index in [0.29, 0.717) is 24.5 Å².